The molecule has 2 aromatic rings. The highest BCUT2D eigenvalue weighted by molar-refractivity contribution is 6.30. The Hall–Kier alpha value is -2.53. The number of benzene rings is 2. The number of hydrogen-bond donors (Lipinski definition) is 2. The van der Waals surface area contributed by atoms with Crippen LogP contribution in [0.25, 0.3) is 0 Å². The molecule has 148 valence electrons. The smallest absolute Gasteiger partial charge is 0.226 e. The maximum absolute atomic E-state index is 12.6. The molecule has 1 atom stereocenters. The van der Waals surface area contributed by atoms with Crippen molar-refractivity contribution in [1.29, 1.82) is 0 Å². The highest BCUT2D eigenvalue weighted by Gasteiger charge is 2.18. The zero-order valence-corrected chi connectivity index (χ0v) is 17.1. The molecule has 28 heavy (non-hydrogen) atoms. The summed E-state index contributed by atoms with van der Waals surface area (Å²) in [5, 5.41) is 6.41. The van der Waals surface area contributed by atoms with Crippen LogP contribution in [0.15, 0.2) is 42.5 Å². The van der Waals surface area contributed by atoms with E-state index >= 15 is 0 Å². The van der Waals surface area contributed by atoms with Gasteiger partial charge in [0.1, 0.15) is 0 Å². The third kappa shape index (κ3) is 5.26. The second-order valence-electron chi connectivity index (χ2n) is 7.25. The molecule has 0 saturated carbocycles. The van der Waals surface area contributed by atoms with Crippen molar-refractivity contribution in [3.8, 4) is 0 Å². The van der Waals surface area contributed by atoms with Gasteiger partial charge >= 0.3 is 0 Å². The van der Waals surface area contributed by atoms with Crippen molar-refractivity contribution in [3.05, 3.63) is 58.6 Å². The molecule has 1 saturated heterocycles. The second-order valence-corrected chi connectivity index (χ2v) is 7.69. The molecule has 2 aromatic carbocycles. The van der Waals surface area contributed by atoms with Gasteiger partial charge in [-0.1, -0.05) is 23.7 Å². The van der Waals surface area contributed by atoms with Gasteiger partial charge in [-0.2, -0.15) is 0 Å². The summed E-state index contributed by atoms with van der Waals surface area (Å²) in [6.07, 6.45) is 2.61. The standard InChI is InChI=1S/C22H26ClN3O2/c1-15-13-19(9-10-21(15)26-11-3-4-12-26)25-22(28)14-20(24-16(2)27)17-5-7-18(23)8-6-17/h5-10,13,20H,3-4,11-12,14H2,1-2H3,(H,24,27)(H,25,28). The normalized spacial score (nSPS) is 14.6. The topological polar surface area (TPSA) is 61.4 Å². The van der Waals surface area contributed by atoms with Crippen molar-refractivity contribution < 1.29 is 9.59 Å². The molecule has 1 unspecified atom stereocenters. The highest BCUT2D eigenvalue weighted by Crippen LogP contribution is 2.27. The Morgan fingerprint density at radius 1 is 1.11 bits per heavy atom. The third-order valence-electron chi connectivity index (χ3n) is 4.97. The first-order valence-corrected chi connectivity index (χ1v) is 9.98. The predicted octanol–water partition coefficient (Wildman–Crippen LogP) is 4.45. The maximum atomic E-state index is 12.6. The minimum absolute atomic E-state index is 0.147. The maximum Gasteiger partial charge on any atom is 0.226 e. The van der Waals surface area contributed by atoms with E-state index in [0.29, 0.717) is 5.02 Å². The van der Waals surface area contributed by atoms with Gasteiger partial charge in [-0.05, 0) is 61.2 Å². The number of hydrogen-bond acceptors (Lipinski definition) is 3. The van der Waals surface area contributed by atoms with Crippen molar-refractivity contribution in [3.63, 3.8) is 0 Å². The molecule has 0 aliphatic carbocycles. The van der Waals surface area contributed by atoms with E-state index < -0.39 is 6.04 Å². The van der Waals surface area contributed by atoms with Crippen LogP contribution in [0.1, 0.15) is 43.4 Å². The minimum atomic E-state index is -0.403. The van der Waals surface area contributed by atoms with Crippen molar-refractivity contribution >= 4 is 34.8 Å². The number of anilines is 2. The van der Waals surface area contributed by atoms with E-state index in [2.05, 4.69) is 28.5 Å². The number of aryl methyl sites for hydroxylation is 1. The van der Waals surface area contributed by atoms with Gasteiger partial charge in [0.15, 0.2) is 0 Å². The van der Waals surface area contributed by atoms with E-state index in [0.717, 1.165) is 29.9 Å². The Morgan fingerprint density at radius 3 is 2.39 bits per heavy atom. The molecule has 5 nitrogen and oxygen atoms in total. The van der Waals surface area contributed by atoms with Gasteiger partial charge in [0, 0.05) is 36.4 Å². The predicted molar refractivity (Wildman–Crippen MR) is 114 cm³/mol. The van der Waals surface area contributed by atoms with Crippen LogP contribution in [0.4, 0.5) is 11.4 Å². The zero-order chi connectivity index (χ0) is 20.1. The van der Waals surface area contributed by atoms with Gasteiger partial charge < -0.3 is 15.5 Å². The molecule has 1 aliphatic heterocycles. The van der Waals surface area contributed by atoms with Gasteiger partial charge in [-0.15, -0.1) is 0 Å². The summed E-state index contributed by atoms with van der Waals surface area (Å²) >= 11 is 5.94. The van der Waals surface area contributed by atoms with Crippen LogP contribution in [0.3, 0.4) is 0 Å². The van der Waals surface area contributed by atoms with Gasteiger partial charge in [-0.3, -0.25) is 9.59 Å². The van der Waals surface area contributed by atoms with E-state index in [9.17, 15) is 9.59 Å². The average molecular weight is 400 g/mol. The van der Waals surface area contributed by atoms with Crippen LogP contribution in [-0.4, -0.2) is 24.9 Å². The fourth-order valence-electron chi connectivity index (χ4n) is 3.64. The first-order valence-electron chi connectivity index (χ1n) is 9.60. The lowest BCUT2D eigenvalue weighted by atomic mass is 10.0. The SMILES string of the molecule is CC(=O)NC(CC(=O)Nc1ccc(N2CCCC2)c(C)c1)c1ccc(Cl)cc1. The summed E-state index contributed by atoms with van der Waals surface area (Å²) < 4.78 is 0. The van der Waals surface area contributed by atoms with Crippen molar-refractivity contribution in [2.75, 3.05) is 23.3 Å². The summed E-state index contributed by atoms with van der Waals surface area (Å²) in [6, 6.07) is 12.8. The lowest BCUT2D eigenvalue weighted by molar-refractivity contribution is -0.120. The van der Waals surface area contributed by atoms with Crippen molar-refractivity contribution in [2.45, 2.75) is 39.2 Å². The Morgan fingerprint density at radius 2 is 1.79 bits per heavy atom. The first kappa shape index (κ1) is 20.2. The molecule has 0 radical (unpaired) electrons. The average Bonchev–Trinajstić information content (AvgIpc) is 3.16. The number of rotatable bonds is 6. The Bertz CT molecular complexity index is 845. The quantitative estimate of drug-likeness (QED) is 0.754. The highest BCUT2D eigenvalue weighted by atomic mass is 35.5. The number of carbonyl (C=O) groups excluding carboxylic acids is 2. The van der Waals surface area contributed by atoms with Crippen LogP contribution in [-0.2, 0) is 9.59 Å². The Labute approximate surface area is 171 Å². The molecule has 3 rings (SSSR count). The van der Waals surface area contributed by atoms with E-state index in [1.54, 1.807) is 12.1 Å². The van der Waals surface area contributed by atoms with Crippen LogP contribution in [0, 0.1) is 6.92 Å². The molecular weight excluding hydrogens is 374 g/mol. The molecular formula is C22H26ClN3O2. The van der Waals surface area contributed by atoms with Crippen molar-refractivity contribution in [2.24, 2.45) is 0 Å². The lowest BCUT2D eigenvalue weighted by Gasteiger charge is -2.21. The number of carbonyl (C=O) groups is 2. The number of halogens is 1. The van der Waals surface area contributed by atoms with Crippen LogP contribution < -0.4 is 15.5 Å². The molecule has 2 amide bonds. The molecule has 0 aromatic heterocycles. The van der Waals surface area contributed by atoms with Gasteiger partial charge in [0.05, 0.1) is 12.5 Å². The van der Waals surface area contributed by atoms with E-state index in [1.807, 2.05) is 24.3 Å². The van der Waals surface area contributed by atoms with E-state index in [4.69, 9.17) is 11.6 Å². The summed E-state index contributed by atoms with van der Waals surface area (Å²) in [5.41, 5.74) is 3.99. The van der Waals surface area contributed by atoms with Gasteiger partial charge in [0.25, 0.3) is 0 Å². The van der Waals surface area contributed by atoms with Crippen molar-refractivity contribution in [1.82, 2.24) is 5.32 Å². The fraction of sp³-hybridized carbons (Fsp3) is 0.364. The Kier molecular flexibility index (Phi) is 6.57. The molecule has 6 heteroatoms. The molecule has 0 spiro atoms. The lowest BCUT2D eigenvalue weighted by Crippen LogP contribution is -2.29. The zero-order valence-electron chi connectivity index (χ0n) is 16.3. The fourth-order valence-corrected chi connectivity index (χ4v) is 3.76. The monoisotopic (exact) mass is 399 g/mol. The molecule has 0 bridgehead atoms. The first-order chi connectivity index (χ1) is 13.4. The largest absolute Gasteiger partial charge is 0.371 e. The minimum Gasteiger partial charge on any atom is -0.371 e. The van der Waals surface area contributed by atoms with Gasteiger partial charge in [-0.25, -0.2) is 0 Å². The van der Waals surface area contributed by atoms with Crippen LogP contribution in [0.2, 0.25) is 5.02 Å². The molecule has 1 fully saturated rings. The number of amides is 2. The number of nitrogens with zero attached hydrogens (tertiary/aromatic N) is 1. The van der Waals surface area contributed by atoms with Crippen LogP contribution >= 0.6 is 11.6 Å². The summed E-state index contributed by atoms with van der Waals surface area (Å²) in [5.74, 6) is -0.333. The molecule has 1 aliphatic rings. The molecule has 1 heterocycles. The second kappa shape index (κ2) is 9.11. The summed E-state index contributed by atoms with van der Waals surface area (Å²) in [6.45, 7) is 5.69. The summed E-state index contributed by atoms with van der Waals surface area (Å²) in [7, 11) is 0. The van der Waals surface area contributed by atoms with E-state index in [1.165, 1.54) is 25.5 Å². The number of nitrogens with one attached hydrogen (secondary N) is 2. The van der Waals surface area contributed by atoms with Gasteiger partial charge in [0.2, 0.25) is 11.8 Å². The summed E-state index contributed by atoms with van der Waals surface area (Å²) in [4.78, 5) is 26.6. The van der Waals surface area contributed by atoms with E-state index in [-0.39, 0.29) is 18.2 Å². The molecule has 2 N–H and O–H groups in total. The third-order valence-corrected chi connectivity index (χ3v) is 5.22. The van der Waals surface area contributed by atoms with Crippen LogP contribution in [0.5, 0.6) is 0 Å². The Balaban J connectivity index is 1.67.